The first kappa shape index (κ1) is 38.6. The van der Waals surface area contributed by atoms with Gasteiger partial charge in [-0.1, -0.05) is 60.7 Å². The zero-order valence-electron chi connectivity index (χ0n) is 29.1. The first-order chi connectivity index (χ1) is 23.1. The molecule has 1 fully saturated rings. The van der Waals surface area contributed by atoms with E-state index in [0.717, 1.165) is 16.1 Å². The van der Waals surface area contributed by atoms with Gasteiger partial charge >= 0.3 is 24.3 Å². The van der Waals surface area contributed by atoms with E-state index >= 15 is 0 Å². The van der Waals surface area contributed by atoms with Crippen molar-refractivity contribution in [2.24, 2.45) is 5.92 Å². The lowest BCUT2D eigenvalue weighted by Gasteiger charge is -2.34. The number of esters is 1. The molecular formula is C35H48N4O10. The Morgan fingerprint density at radius 1 is 0.796 bits per heavy atom. The van der Waals surface area contributed by atoms with E-state index in [-0.39, 0.29) is 25.7 Å². The van der Waals surface area contributed by atoms with Gasteiger partial charge in [-0.25, -0.2) is 19.4 Å². The second-order valence-electron chi connectivity index (χ2n) is 13.6. The lowest BCUT2D eigenvalue weighted by atomic mass is 9.98. The van der Waals surface area contributed by atoms with E-state index in [4.69, 9.17) is 23.8 Å². The number of hydrazine groups is 1. The van der Waals surface area contributed by atoms with Gasteiger partial charge in [-0.2, -0.15) is 0 Å². The molecular weight excluding hydrogens is 636 g/mol. The van der Waals surface area contributed by atoms with Crippen molar-refractivity contribution in [1.29, 1.82) is 0 Å². The normalized spacial score (nSPS) is 14.5. The third-order valence-corrected chi connectivity index (χ3v) is 6.90. The fraction of sp³-hybridized carbons (Fsp3) is 0.514. The minimum atomic E-state index is -1.44. The van der Waals surface area contributed by atoms with E-state index < -0.39 is 53.9 Å². The minimum Gasteiger partial charge on any atom is -0.461 e. The van der Waals surface area contributed by atoms with Crippen LogP contribution in [0.4, 0.5) is 14.4 Å². The number of nitrogens with one attached hydrogen (secondary N) is 2. The molecule has 2 aromatic carbocycles. The monoisotopic (exact) mass is 684 g/mol. The zero-order chi connectivity index (χ0) is 36.0. The summed E-state index contributed by atoms with van der Waals surface area (Å²) in [5.41, 5.74) is 2.35. The van der Waals surface area contributed by atoms with Crippen molar-refractivity contribution >= 4 is 30.2 Å². The maximum absolute atomic E-state index is 13.6. The molecule has 2 aromatic rings. The molecule has 0 saturated carbocycles. The van der Waals surface area contributed by atoms with Gasteiger partial charge in [0.05, 0.1) is 6.42 Å². The zero-order valence-corrected chi connectivity index (χ0v) is 29.1. The van der Waals surface area contributed by atoms with Gasteiger partial charge in [0.1, 0.15) is 30.5 Å². The average molecular weight is 685 g/mol. The number of piperidine rings is 1. The van der Waals surface area contributed by atoms with Crippen LogP contribution in [-0.2, 0) is 46.6 Å². The number of amides is 3. The molecule has 1 aliphatic heterocycles. The van der Waals surface area contributed by atoms with Crippen LogP contribution >= 0.6 is 0 Å². The van der Waals surface area contributed by atoms with Crippen LogP contribution in [0.3, 0.4) is 0 Å². The molecule has 14 nitrogen and oxygen atoms in total. The van der Waals surface area contributed by atoms with E-state index in [1.54, 1.807) is 65.8 Å². The molecule has 2 N–H and O–H groups in total. The van der Waals surface area contributed by atoms with Crippen LogP contribution in [0.15, 0.2) is 60.7 Å². The highest BCUT2D eigenvalue weighted by Gasteiger charge is 2.33. The van der Waals surface area contributed by atoms with Crippen molar-refractivity contribution in [3.05, 3.63) is 71.8 Å². The van der Waals surface area contributed by atoms with Gasteiger partial charge in [0.25, 0.3) is 5.91 Å². The van der Waals surface area contributed by atoms with Gasteiger partial charge < -0.3 is 29.1 Å². The number of hydrogen-bond donors (Lipinski definition) is 2. The third-order valence-electron chi connectivity index (χ3n) is 6.90. The number of carbonyl (C=O) groups is 5. The van der Waals surface area contributed by atoms with Gasteiger partial charge in [0.15, 0.2) is 0 Å². The Bertz CT molecular complexity index is 1380. The predicted molar refractivity (Wildman–Crippen MR) is 177 cm³/mol. The topological polar surface area (TPSA) is 162 Å². The Balaban J connectivity index is 1.63. The van der Waals surface area contributed by atoms with Gasteiger partial charge in [-0.05, 0) is 71.4 Å². The number of nitrogens with zero attached hydrogens (tertiary/aromatic N) is 2. The fourth-order valence-electron chi connectivity index (χ4n) is 4.61. The molecule has 268 valence electrons. The van der Waals surface area contributed by atoms with Crippen LogP contribution in [-0.4, -0.2) is 77.2 Å². The smallest absolute Gasteiger partial charge is 0.461 e. The average Bonchev–Trinajstić information content (AvgIpc) is 3.02. The van der Waals surface area contributed by atoms with Crippen LogP contribution in [0.25, 0.3) is 0 Å². The Labute approximate surface area is 287 Å². The number of hydrogen-bond acceptors (Lipinski definition) is 11. The summed E-state index contributed by atoms with van der Waals surface area (Å²) in [4.78, 5) is 69.9. The summed E-state index contributed by atoms with van der Waals surface area (Å²) in [6, 6.07) is 16.8. The van der Waals surface area contributed by atoms with Crippen molar-refractivity contribution < 1.29 is 47.8 Å². The van der Waals surface area contributed by atoms with E-state index in [1.807, 2.05) is 36.4 Å². The van der Waals surface area contributed by atoms with E-state index in [9.17, 15) is 24.0 Å². The quantitative estimate of drug-likeness (QED) is 0.180. The molecule has 0 radical (unpaired) electrons. The Morgan fingerprint density at radius 2 is 1.33 bits per heavy atom. The second kappa shape index (κ2) is 18.1. The molecule has 49 heavy (non-hydrogen) atoms. The molecule has 1 atom stereocenters. The Kier molecular flexibility index (Phi) is 14.2. The fourth-order valence-corrected chi connectivity index (χ4v) is 4.61. The van der Waals surface area contributed by atoms with Crippen molar-refractivity contribution in [3.8, 4) is 0 Å². The van der Waals surface area contributed by atoms with E-state index in [1.165, 1.54) is 5.06 Å². The molecule has 14 heteroatoms. The van der Waals surface area contributed by atoms with E-state index in [2.05, 4.69) is 10.7 Å². The molecule has 3 amide bonds. The summed E-state index contributed by atoms with van der Waals surface area (Å²) in [5, 5.41) is 4.94. The minimum absolute atomic E-state index is 0.0301. The van der Waals surface area contributed by atoms with Gasteiger partial charge in [-0.3, -0.25) is 15.0 Å². The van der Waals surface area contributed by atoms with Crippen LogP contribution in [0.5, 0.6) is 0 Å². The number of carbonyl (C=O) groups excluding carboxylic acids is 5. The van der Waals surface area contributed by atoms with Crippen molar-refractivity contribution in [2.75, 3.05) is 19.6 Å². The largest absolute Gasteiger partial charge is 0.528 e. The first-order valence-electron chi connectivity index (χ1n) is 16.2. The maximum Gasteiger partial charge on any atom is 0.528 e. The number of benzene rings is 2. The number of hydroxylamine groups is 2. The van der Waals surface area contributed by atoms with Crippen LogP contribution in [0.2, 0.25) is 0 Å². The van der Waals surface area contributed by atoms with Crippen LogP contribution in [0, 0.1) is 5.92 Å². The molecule has 1 heterocycles. The third kappa shape index (κ3) is 15.3. The number of rotatable bonds is 11. The van der Waals surface area contributed by atoms with E-state index in [0.29, 0.717) is 25.9 Å². The van der Waals surface area contributed by atoms with Crippen molar-refractivity contribution in [2.45, 2.75) is 91.3 Å². The Morgan fingerprint density at radius 3 is 1.86 bits per heavy atom. The van der Waals surface area contributed by atoms with Crippen molar-refractivity contribution in [1.82, 2.24) is 20.8 Å². The molecule has 0 aliphatic carbocycles. The molecule has 3 rings (SSSR count). The lowest BCUT2D eigenvalue weighted by Crippen LogP contribution is -2.57. The SMILES string of the molecule is CC(C)(C)OC(=O)N[C@@H](CC(=O)OCc1ccccc1)C(=O)NN(CC1CCN(OC(=O)OCc2ccccc2)CC1)C(=O)OC(C)(C)C. The predicted octanol–water partition coefficient (Wildman–Crippen LogP) is 5.26. The standard InChI is InChI=1S/C35H48N4O10/c1-34(2,3)47-31(42)36-28(21-29(40)45-23-26-13-9-7-10-14-26)30(41)37-39(32(43)48-35(4,5)6)22-25-17-19-38(20-18-25)49-33(44)46-24-27-15-11-8-12-16-27/h7-16,25,28H,17-24H2,1-6H3,(H,36,42)(H,37,41)/t28-/m0/s1. The summed E-state index contributed by atoms with van der Waals surface area (Å²) in [6.45, 7) is 10.8. The van der Waals surface area contributed by atoms with Crippen LogP contribution in [0.1, 0.15) is 71.9 Å². The lowest BCUT2D eigenvalue weighted by molar-refractivity contribution is -0.148. The summed E-state index contributed by atoms with van der Waals surface area (Å²) in [6.07, 6.45) is -2.10. The second-order valence-corrected chi connectivity index (χ2v) is 13.6. The summed E-state index contributed by atoms with van der Waals surface area (Å²) in [7, 11) is 0. The first-order valence-corrected chi connectivity index (χ1v) is 16.2. The van der Waals surface area contributed by atoms with Crippen molar-refractivity contribution in [3.63, 3.8) is 0 Å². The highest BCUT2D eigenvalue weighted by Crippen LogP contribution is 2.20. The summed E-state index contributed by atoms with van der Waals surface area (Å²) in [5.74, 6) is -1.73. The molecule has 1 aliphatic rings. The van der Waals surface area contributed by atoms with Gasteiger partial charge in [0.2, 0.25) is 0 Å². The molecule has 0 spiro atoms. The summed E-state index contributed by atoms with van der Waals surface area (Å²) < 4.78 is 21.4. The molecule has 1 saturated heterocycles. The van der Waals surface area contributed by atoms with Crippen LogP contribution < -0.4 is 10.7 Å². The highest BCUT2D eigenvalue weighted by atomic mass is 16.8. The maximum atomic E-state index is 13.6. The Hall–Kier alpha value is -4.85. The molecule has 0 bridgehead atoms. The highest BCUT2D eigenvalue weighted by molar-refractivity contribution is 5.90. The summed E-state index contributed by atoms with van der Waals surface area (Å²) >= 11 is 0. The van der Waals surface area contributed by atoms with Gasteiger partial charge in [-0.15, -0.1) is 5.06 Å². The number of alkyl carbamates (subject to hydrolysis) is 1. The molecule has 0 unspecified atom stereocenters. The van der Waals surface area contributed by atoms with Gasteiger partial charge in [0, 0.05) is 19.6 Å². The number of ether oxygens (including phenoxy) is 4. The molecule has 0 aromatic heterocycles.